The molecule has 1 amide bonds. The van der Waals surface area contributed by atoms with Gasteiger partial charge in [-0.15, -0.1) is 0 Å². The molecule has 0 radical (unpaired) electrons. The summed E-state index contributed by atoms with van der Waals surface area (Å²) in [5.74, 6) is 2.65. The fourth-order valence-electron chi connectivity index (χ4n) is 9.84. The van der Waals surface area contributed by atoms with Crippen molar-refractivity contribution >= 4 is 29.0 Å². The molecule has 336 valence electrons. The average Bonchev–Trinajstić information content (AvgIpc) is 4.11. The molecule has 6 aromatic rings. The van der Waals surface area contributed by atoms with E-state index in [-0.39, 0.29) is 12.0 Å². The van der Waals surface area contributed by atoms with Crippen molar-refractivity contribution in [3.63, 3.8) is 0 Å². The highest BCUT2D eigenvalue weighted by atomic mass is 16.6. The maximum Gasteiger partial charge on any atom is 0.410 e. The molecule has 0 spiro atoms. The Kier molecular flexibility index (Phi) is 12.7. The van der Waals surface area contributed by atoms with Gasteiger partial charge in [0.25, 0.3) is 0 Å². The lowest BCUT2D eigenvalue weighted by Crippen LogP contribution is -2.42. The van der Waals surface area contributed by atoms with E-state index in [0.29, 0.717) is 31.1 Å². The van der Waals surface area contributed by atoms with Gasteiger partial charge in [0, 0.05) is 104 Å². The van der Waals surface area contributed by atoms with Crippen LogP contribution in [0.2, 0.25) is 0 Å². The van der Waals surface area contributed by atoms with Crippen LogP contribution in [-0.4, -0.2) is 104 Å². The van der Waals surface area contributed by atoms with Gasteiger partial charge >= 0.3 is 6.09 Å². The normalized spacial score (nSPS) is 20.4. The molecule has 2 aliphatic carbocycles. The van der Waals surface area contributed by atoms with Gasteiger partial charge in [-0.05, 0) is 78.7 Å². The van der Waals surface area contributed by atoms with Crippen LogP contribution < -0.4 is 16.0 Å². The third kappa shape index (κ3) is 10.0. The number of aryl methyl sites for hydroxylation is 2. The first-order chi connectivity index (χ1) is 30.5. The smallest absolute Gasteiger partial charge is 0.410 e. The van der Waals surface area contributed by atoms with Crippen LogP contribution in [0.3, 0.4) is 0 Å². The molecule has 2 saturated carbocycles. The lowest BCUT2D eigenvalue weighted by atomic mass is 9.94. The minimum absolute atomic E-state index is 0.143. The number of amides is 1. The van der Waals surface area contributed by atoms with Crippen molar-refractivity contribution < 1.29 is 9.53 Å². The molecule has 10 rings (SSSR count). The molecule has 2 unspecified atom stereocenters. The highest BCUT2D eigenvalue weighted by Gasteiger charge is 2.31. The Morgan fingerprint density at radius 3 is 1.67 bits per heavy atom. The molecule has 3 N–H and O–H groups in total. The minimum Gasteiger partial charge on any atom is -0.444 e. The van der Waals surface area contributed by atoms with Crippen LogP contribution in [0.25, 0.3) is 33.5 Å². The van der Waals surface area contributed by atoms with Crippen molar-refractivity contribution in [3.8, 4) is 22.3 Å². The van der Waals surface area contributed by atoms with Gasteiger partial charge in [-0.3, -0.25) is 9.36 Å². The summed E-state index contributed by atoms with van der Waals surface area (Å²) in [5.41, 5.74) is 7.48. The topological polar surface area (TPSA) is 162 Å². The Morgan fingerprint density at radius 2 is 1.19 bits per heavy atom. The summed E-state index contributed by atoms with van der Waals surface area (Å²) < 4.78 is 13.2. The minimum atomic E-state index is -0.505. The summed E-state index contributed by atoms with van der Waals surface area (Å²) in [6.45, 7) is 9.16. The summed E-state index contributed by atoms with van der Waals surface area (Å²) in [6.07, 6.45) is 28.3. The average molecular weight is 859 g/mol. The lowest BCUT2D eigenvalue weighted by molar-refractivity contribution is 0.0197. The number of piperidine rings is 2. The summed E-state index contributed by atoms with van der Waals surface area (Å²) in [5, 5.41) is 29.2. The molecule has 6 aromatic heterocycles. The van der Waals surface area contributed by atoms with Crippen LogP contribution in [-0.2, 0) is 18.8 Å². The molecule has 0 bridgehead atoms. The summed E-state index contributed by atoms with van der Waals surface area (Å²) >= 11 is 0. The number of ether oxygens (including phenoxy) is 1. The number of likely N-dealkylation sites (tertiary alicyclic amines) is 1. The van der Waals surface area contributed by atoms with Gasteiger partial charge in [-0.25, -0.2) is 14.8 Å². The van der Waals surface area contributed by atoms with E-state index in [1.807, 2.05) is 90.7 Å². The van der Waals surface area contributed by atoms with Gasteiger partial charge in [-0.2, -0.15) is 29.4 Å². The van der Waals surface area contributed by atoms with E-state index < -0.39 is 5.60 Å². The number of rotatable bonds is 8. The zero-order chi connectivity index (χ0) is 43.5. The van der Waals surface area contributed by atoms with Gasteiger partial charge in [-0.1, -0.05) is 38.5 Å². The second-order valence-corrected chi connectivity index (χ2v) is 19.3. The summed E-state index contributed by atoms with van der Waals surface area (Å²) in [7, 11) is 3.86. The van der Waals surface area contributed by atoms with Crippen LogP contribution in [0.4, 0.5) is 16.4 Å². The maximum absolute atomic E-state index is 12.8. The first-order valence-electron chi connectivity index (χ1n) is 23.5. The molecule has 0 aromatic carbocycles. The molecule has 2 atom stereocenters. The monoisotopic (exact) mass is 859 g/mol. The third-order valence-corrected chi connectivity index (χ3v) is 13.1. The van der Waals surface area contributed by atoms with E-state index in [4.69, 9.17) is 24.9 Å². The Morgan fingerprint density at radius 1 is 0.667 bits per heavy atom. The Labute approximate surface area is 370 Å². The summed E-state index contributed by atoms with van der Waals surface area (Å²) in [4.78, 5) is 24.8. The first-order valence-corrected chi connectivity index (χ1v) is 23.5. The highest BCUT2D eigenvalue weighted by Crippen LogP contribution is 2.34. The quantitative estimate of drug-likeness (QED) is 0.135. The number of carbonyl (C=O) groups excluding carboxylic acids is 1. The largest absolute Gasteiger partial charge is 0.444 e. The van der Waals surface area contributed by atoms with Crippen LogP contribution in [0, 0.1) is 0 Å². The second kappa shape index (κ2) is 18.7. The second-order valence-electron chi connectivity index (χ2n) is 19.3. The van der Waals surface area contributed by atoms with Crippen molar-refractivity contribution in [1.29, 1.82) is 0 Å². The molecule has 63 heavy (non-hydrogen) atoms. The molecule has 4 fully saturated rings. The van der Waals surface area contributed by atoms with Crippen LogP contribution in [0.1, 0.15) is 134 Å². The van der Waals surface area contributed by atoms with Gasteiger partial charge in [0.15, 0.2) is 11.3 Å². The van der Waals surface area contributed by atoms with E-state index in [0.717, 1.165) is 76.8 Å². The van der Waals surface area contributed by atoms with Crippen molar-refractivity contribution in [2.45, 2.75) is 140 Å². The molecule has 8 heterocycles. The zero-order valence-electron chi connectivity index (χ0n) is 37.9. The number of fused-ring (bicyclic) bond motifs is 2. The number of anilines is 2. The maximum atomic E-state index is 12.8. The third-order valence-electron chi connectivity index (χ3n) is 13.1. The lowest BCUT2D eigenvalue weighted by Gasteiger charge is -2.34. The Balaban J connectivity index is 0.000000164. The fourth-order valence-corrected chi connectivity index (χ4v) is 9.84. The number of hydrogen-bond donors (Lipinski definition) is 3. The Hall–Kier alpha value is -5.51. The van der Waals surface area contributed by atoms with Crippen molar-refractivity contribution in [2.24, 2.45) is 14.1 Å². The predicted molar refractivity (Wildman–Crippen MR) is 246 cm³/mol. The van der Waals surface area contributed by atoms with Gasteiger partial charge in [0.2, 0.25) is 0 Å². The van der Waals surface area contributed by atoms with Gasteiger partial charge in [0.1, 0.15) is 17.2 Å². The van der Waals surface area contributed by atoms with E-state index >= 15 is 0 Å². The van der Waals surface area contributed by atoms with Gasteiger partial charge < -0.3 is 25.6 Å². The first kappa shape index (κ1) is 42.8. The van der Waals surface area contributed by atoms with E-state index in [1.165, 1.54) is 82.7 Å². The predicted octanol–water partition coefficient (Wildman–Crippen LogP) is 8.33. The standard InChI is InChI=1S/C26H37N7O2.C21H29N7/c1-26(2,3)35-25(34)32-12-8-9-18(17-32)22-13-23(29-20-10-6-5-7-11-20)33-24(30-22)21(15-28-33)19-14-27-31(4)16-19;1-27-14-16(12-23-27)18-13-24-28-20(25-17-7-3-2-4-8-17)10-19(26-21(18)28)15-6-5-9-22-11-15/h13-16,18,20,29H,5-12,17H2,1-4H3;10,12-15,17,22,25H,2-9,11H2,1H3. The van der Waals surface area contributed by atoms with Crippen LogP contribution in [0.15, 0.2) is 49.3 Å². The number of hydrogen-bond acceptors (Lipinski definition) is 11. The van der Waals surface area contributed by atoms with E-state index in [2.05, 4.69) is 38.3 Å². The highest BCUT2D eigenvalue weighted by molar-refractivity contribution is 5.78. The molecule has 2 saturated heterocycles. The Bertz CT molecular complexity index is 2470. The van der Waals surface area contributed by atoms with Crippen LogP contribution in [0.5, 0.6) is 0 Å². The van der Waals surface area contributed by atoms with Crippen LogP contribution >= 0.6 is 0 Å². The van der Waals surface area contributed by atoms with Crippen molar-refractivity contribution in [2.75, 3.05) is 36.8 Å². The SMILES string of the molecule is Cn1cc(-c2cnn3c(NC4CCCCC4)cc(C4CCCN(C(=O)OC(C)(C)C)C4)nc23)cn1.Cn1cc(-c2cnn3c(NC4CCCCC4)cc(C4CCCNC4)nc23)cn1. The van der Waals surface area contributed by atoms with Crippen molar-refractivity contribution in [3.05, 3.63) is 60.7 Å². The summed E-state index contributed by atoms with van der Waals surface area (Å²) in [6, 6.07) is 5.35. The van der Waals surface area contributed by atoms with E-state index in [1.54, 1.807) is 4.68 Å². The molecular weight excluding hydrogens is 793 g/mol. The molecule has 4 aliphatic rings. The number of nitrogens with zero attached hydrogens (tertiary/aromatic N) is 11. The van der Waals surface area contributed by atoms with E-state index in [9.17, 15) is 4.79 Å². The number of nitrogens with one attached hydrogen (secondary N) is 3. The molecular formula is C47H66N14O2. The number of carbonyl (C=O) groups is 1. The molecule has 2 aliphatic heterocycles. The zero-order valence-corrected chi connectivity index (χ0v) is 37.9. The number of aromatic nitrogens is 10. The van der Waals surface area contributed by atoms with Gasteiger partial charge in [0.05, 0.1) is 36.2 Å². The fraction of sp³-hybridized carbons (Fsp3) is 0.596. The molecule has 16 heteroatoms. The molecule has 16 nitrogen and oxygen atoms in total. The van der Waals surface area contributed by atoms with Crippen molar-refractivity contribution in [1.82, 2.24) is 59.0 Å².